The molecule has 1 aliphatic carbocycles. The van der Waals surface area contributed by atoms with Gasteiger partial charge in [-0.2, -0.15) is 0 Å². The molecule has 0 aromatic carbocycles. The quantitative estimate of drug-likeness (QED) is 0.347. The number of hydrogen-bond donors (Lipinski definition) is 3. The molecule has 0 bridgehead atoms. The summed E-state index contributed by atoms with van der Waals surface area (Å²) in [6.45, 7) is 10.3. The normalized spacial score (nSPS) is 21.3. The molecule has 1 aliphatic rings. The molecule has 2 unspecified atom stereocenters. The number of ether oxygens (including phenoxy) is 1. The maximum Gasteiger partial charge on any atom is 0.214 e. The lowest BCUT2D eigenvalue weighted by Crippen LogP contribution is -2.43. The highest BCUT2D eigenvalue weighted by Gasteiger charge is 2.20. The van der Waals surface area contributed by atoms with Crippen molar-refractivity contribution in [2.75, 3.05) is 13.1 Å². The maximum atomic E-state index is 9.96. The van der Waals surface area contributed by atoms with Crippen molar-refractivity contribution in [2.24, 2.45) is 0 Å². The van der Waals surface area contributed by atoms with Crippen LogP contribution in [0.2, 0.25) is 0 Å². The topological polar surface area (TPSA) is 53.5 Å². The molecule has 3 N–H and O–H groups in total. The summed E-state index contributed by atoms with van der Waals surface area (Å²) >= 11 is 0. The largest absolute Gasteiger partial charge is 0.356 e. The van der Waals surface area contributed by atoms with E-state index in [-0.39, 0.29) is 5.60 Å². The fourth-order valence-corrected chi connectivity index (χ4v) is 2.80. The van der Waals surface area contributed by atoms with E-state index in [1.165, 1.54) is 19.3 Å². The van der Waals surface area contributed by atoms with Gasteiger partial charge in [-0.3, -0.25) is 5.32 Å². The Morgan fingerprint density at radius 2 is 2.09 bits per heavy atom. The Balaban J connectivity index is 2.21. The van der Waals surface area contributed by atoms with Gasteiger partial charge < -0.3 is 15.2 Å². The summed E-state index contributed by atoms with van der Waals surface area (Å²) in [4.78, 5) is 0. The Hall–Kier alpha value is -0.420. The number of aliphatic hydroxyl groups excluding tert-OH is 1. The second-order valence-corrected chi connectivity index (χ2v) is 7.28. The molecule has 0 aromatic rings. The van der Waals surface area contributed by atoms with Crippen LogP contribution in [-0.4, -0.2) is 36.3 Å². The highest BCUT2D eigenvalue weighted by molar-refractivity contribution is 5.05. The third kappa shape index (κ3) is 9.57. The number of nitrogens with one attached hydrogen (secondary N) is 2. The first-order valence-corrected chi connectivity index (χ1v) is 8.91. The van der Waals surface area contributed by atoms with Crippen molar-refractivity contribution in [1.29, 1.82) is 0 Å². The smallest absolute Gasteiger partial charge is 0.214 e. The van der Waals surface area contributed by atoms with E-state index >= 15 is 0 Å². The van der Waals surface area contributed by atoms with Gasteiger partial charge in [-0.25, -0.2) is 0 Å². The fourth-order valence-electron chi connectivity index (χ4n) is 2.80. The molecule has 0 radical (unpaired) electrons. The van der Waals surface area contributed by atoms with Gasteiger partial charge in [0.2, 0.25) is 6.41 Å². The van der Waals surface area contributed by atoms with E-state index in [9.17, 15) is 5.11 Å². The van der Waals surface area contributed by atoms with Gasteiger partial charge in [0.15, 0.2) is 0 Å². The van der Waals surface area contributed by atoms with E-state index in [4.69, 9.17) is 4.74 Å². The molecule has 4 nitrogen and oxygen atoms in total. The molecule has 1 rings (SSSR count). The first-order chi connectivity index (χ1) is 10.4. The van der Waals surface area contributed by atoms with Crippen molar-refractivity contribution >= 4 is 0 Å². The van der Waals surface area contributed by atoms with E-state index in [1.54, 1.807) is 5.57 Å². The van der Waals surface area contributed by atoms with Crippen molar-refractivity contribution in [3.05, 3.63) is 11.6 Å². The minimum Gasteiger partial charge on any atom is -0.356 e. The van der Waals surface area contributed by atoms with Crippen LogP contribution in [0, 0.1) is 0 Å². The molecular formula is C18H36N2O2. The molecule has 22 heavy (non-hydrogen) atoms. The number of hydrogen-bond acceptors (Lipinski definition) is 4. The number of rotatable bonds is 9. The van der Waals surface area contributed by atoms with E-state index in [1.807, 2.05) is 20.8 Å². The molecule has 0 saturated carbocycles. The van der Waals surface area contributed by atoms with Crippen LogP contribution in [0.1, 0.15) is 72.6 Å². The summed E-state index contributed by atoms with van der Waals surface area (Å²) in [5.74, 6) is 0. The second kappa shape index (κ2) is 10.4. The van der Waals surface area contributed by atoms with Crippen LogP contribution in [0.3, 0.4) is 0 Å². The van der Waals surface area contributed by atoms with E-state index in [2.05, 4.69) is 23.6 Å². The Morgan fingerprint density at radius 3 is 2.77 bits per heavy atom. The van der Waals surface area contributed by atoms with Gasteiger partial charge >= 0.3 is 0 Å². The Kier molecular flexibility index (Phi) is 9.25. The van der Waals surface area contributed by atoms with Crippen molar-refractivity contribution in [3.63, 3.8) is 0 Å². The van der Waals surface area contributed by atoms with Gasteiger partial charge in [-0.15, -0.1) is 0 Å². The van der Waals surface area contributed by atoms with Crippen molar-refractivity contribution in [1.82, 2.24) is 10.6 Å². The summed E-state index contributed by atoms with van der Waals surface area (Å²) in [5.41, 5.74) is 1.25. The first-order valence-electron chi connectivity index (χ1n) is 8.91. The van der Waals surface area contributed by atoms with Crippen molar-refractivity contribution < 1.29 is 9.84 Å². The lowest BCUT2D eigenvalue weighted by molar-refractivity contribution is -0.185. The zero-order valence-corrected chi connectivity index (χ0v) is 15.0. The molecule has 0 fully saturated rings. The molecule has 0 heterocycles. The monoisotopic (exact) mass is 312 g/mol. The first kappa shape index (κ1) is 19.6. The van der Waals surface area contributed by atoms with Gasteiger partial charge in [-0.1, -0.05) is 18.6 Å². The summed E-state index contributed by atoms with van der Waals surface area (Å²) in [5, 5.41) is 16.6. The van der Waals surface area contributed by atoms with Gasteiger partial charge in [0, 0.05) is 6.04 Å². The van der Waals surface area contributed by atoms with Crippen molar-refractivity contribution in [2.45, 2.75) is 90.7 Å². The Labute approximate surface area is 136 Å². The predicted molar refractivity (Wildman–Crippen MR) is 92.7 cm³/mol. The third-order valence-corrected chi connectivity index (χ3v) is 3.88. The van der Waals surface area contributed by atoms with Crippen LogP contribution in [-0.2, 0) is 4.74 Å². The number of aliphatic hydroxyl groups is 1. The van der Waals surface area contributed by atoms with Gasteiger partial charge in [-0.05, 0) is 78.8 Å². The van der Waals surface area contributed by atoms with Crippen LogP contribution in [0.5, 0.6) is 0 Å². The SMILES string of the molecule is CCCNCCCC1=CCCC(NC(O)OC(C)(C)C)CC1. The van der Waals surface area contributed by atoms with E-state index in [0.717, 1.165) is 38.8 Å². The second-order valence-electron chi connectivity index (χ2n) is 7.28. The Morgan fingerprint density at radius 1 is 1.32 bits per heavy atom. The van der Waals surface area contributed by atoms with Crippen LogP contribution >= 0.6 is 0 Å². The number of allylic oxidation sites excluding steroid dienone is 2. The summed E-state index contributed by atoms with van der Waals surface area (Å²) in [6, 6.07) is 0.337. The molecule has 0 spiro atoms. The molecule has 0 aromatic heterocycles. The standard InChI is InChI=1S/C18H36N2O2/c1-5-13-19-14-7-9-15-8-6-10-16(12-11-15)20-17(21)22-18(2,3)4/h8,16-17,19-21H,5-7,9-14H2,1-4H3. The molecular weight excluding hydrogens is 276 g/mol. The minimum absolute atomic E-state index is 0.327. The lowest BCUT2D eigenvalue weighted by atomic mass is 10.0. The summed E-state index contributed by atoms with van der Waals surface area (Å²) in [6.07, 6.45) is 9.54. The molecule has 0 amide bonds. The molecule has 0 aliphatic heterocycles. The van der Waals surface area contributed by atoms with Crippen molar-refractivity contribution in [3.8, 4) is 0 Å². The van der Waals surface area contributed by atoms with Gasteiger partial charge in [0.25, 0.3) is 0 Å². The minimum atomic E-state index is -0.871. The van der Waals surface area contributed by atoms with Crippen LogP contribution in [0.4, 0.5) is 0 Å². The van der Waals surface area contributed by atoms with E-state index < -0.39 is 6.41 Å². The van der Waals surface area contributed by atoms with Gasteiger partial charge in [0.1, 0.15) is 0 Å². The highest BCUT2D eigenvalue weighted by atomic mass is 16.6. The highest BCUT2D eigenvalue weighted by Crippen LogP contribution is 2.22. The van der Waals surface area contributed by atoms with Crippen LogP contribution in [0.25, 0.3) is 0 Å². The average Bonchev–Trinajstić information content (AvgIpc) is 2.62. The van der Waals surface area contributed by atoms with Gasteiger partial charge in [0.05, 0.1) is 5.60 Å². The van der Waals surface area contributed by atoms with Crippen LogP contribution in [0.15, 0.2) is 11.6 Å². The maximum absolute atomic E-state index is 9.96. The van der Waals surface area contributed by atoms with Crippen LogP contribution < -0.4 is 10.6 Å². The average molecular weight is 312 g/mol. The zero-order valence-electron chi connectivity index (χ0n) is 15.0. The zero-order chi connectivity index (χ0) is 16.4. The third-order valence-electron chi connectivity index (χ3n) is 3.88. The summed E-state index contributed by atoms with van der Waals surface area (Å²) < 4.78 is 5.53. The molecule has 4 heteroatoms. The molecule has 0 saturated heterocycles. The summed E-state index contributed by atoms with van der Waals surface area (Å²) in [7, 11) is 0. The lowest BCUT2D eigenvalue weighted by Gasteiger charge is -2.27. The molecule has 130 valence electrons. The Bertz CT molecular complexity index is 324. The fraction of sp³-hybridized carbons (Fsp3) is 0.889. The van der Waals surface area contributed by atoms with E-state index in [0.29, 0.717) is 6.04 Å². The molecule has 2 atom stereocenters. The predicted octanol–water partition coefficient (Wildman–Crippen LogP) is 3.32.